The van der Waals surface area contributed by atoms with Gasteiger partial charge in [0.25, 0.3) is 0 Å². The standard InChI is InChI=1S/C14H16N4S/c1-10(2)13-16-14(19-17-13)18(3)9-12-6-4-5-11(7-12)8-15/h4-7,10H,9H2,1-3H3. The average molecular weight is 272 g/mol. The molecule has 4 nitrogen and oxygen atoms in total. The van der Waals surface area contributed by atoms with Crippen molar-refractivity contribution in [3.05, 3.63) is 41.2 Å². The van der Waals surface area contributed by atoms with E-state index in [1.54, 1.807) is 0 Å². The molecule has 1 heterocycles. The Balaban J connectivity index is 2.11. The van der Waals surface area contributed by atoms with E-state index in [9.17, 15) is 0 Å². The Labute approximate surface area is 117 Å². The third kappa shape index (κ3) is 3.30. The molecule has 0 amide bonds. The van der Waals surface area contributed by atoms with E-state index >= 15 is 0 Å². The van der Waals surface area contributed by atoms with Crippen LogP contribution < -0.4 is 4.90 Å². The molecule has 5 heteroatoms. The van der Waals surface area contributed by atoms with Crippen LogP contribution >= 0.6 is 11.5 Å². The Morgan fingerprint density at radius 3 is 2.84 bits per heavy atom. The summed E-state index contributed by atoms with van der Waals surface area (Å²) in [4.78, 5) is 6.57. The van der Waals surface area contributed by atoms with E-state index in [0.717, 1.165) is 23.1 Å². The Hall–Kier alpha value is -1.93. The van der Waals surface area contributed by atoms with Crippen LogP contribution in [0.4, 0.5) is 5.13 Å². The number of hydrogen-bond donors (Lipinski definition) is 0. The van der Waals surface area contributed by atoms with Gasteiger partial charge in [0.15, 0.2) is 0 Å². The molecule has 1 aromatic carbocycles. The fourth-order valence-electron chi connectivity index (χ4n) is 1.70. The fourth-order valence-corrected chi connectivity index (χ4v) is 2.46. The summed E-state index contributed by atoms with van der Waals surface area (Å²) in [5.74, 6) is 1.23. The van der Waals surface area contributed by atoms with Gasteiger partial charge in [-0.25, -0.2) is 4.98 Å². The highest BCUT2D eigenvalue weighted by molar-refractivity contribution is 7.09. The quantitative estimate of drug-likeness (QED) is 0.858. The number of anilines is 1. The minimum absolute atomic E-state index is 0.348. The van der Waals surface area contributed by atoms with E-state index in [4.69, 9.17) is 5.26 Å². The summed E-state index contributed by atoms with van der Waals surface area (Å²) in [5.41, 5.74) is 1.79. The van der Waals surface area contributed by atoms with Gasteiger partial charge in [-0.2, -0.15) is 9.64 Å². The Kier molecular flexibility index (Phi) is 4.13. The first-order valence-corrected chi connectivity index (χ1v) is 6.91. The zero-order valence-corrected chi connectivity index (χ0v) is 12.1. The van der Waals surface area contributed by atoms with Gasteiger partial charge >= 0.3 is 0 Å². The van der Waals surface area contributed by atoms with Crippen LogP contribution in [0.3, 0.4) is 0 Å². The molecule has 0 atom stereocenters. The topological polar surface area (TPSA) is 52.8 Å². The molecular weight excluding hydrogens is 256 g/mol. The predicted octanol–water partition coefficient (Wildman–Crippen LogP) is 3.17. The molecule has 98 valence electrons. The van der Waals surface area contributed by atoms with Crippen molar-refractivity contribution in [3.63, 3.8) is 0 Å². The highest BCUT2D eigenvalue weighted by atomic mass is 32.1. The normalized spacial score (nSPS) is 10.5. The van der Waals surface area contributed by atoms with Gasteiger partial charge in [0.05, 0.1) is 11.6 Å². The summed E-state index contributed by atoms with van der Waals surface area (Å²) in [6.07, 6.45) is 0. The second-order valence-corrected chi connectivity index (χ2v) is 5.49. The summed E-state index contributed by atoms with van der Waals surface area (Å²) in [5, 5.41) is 9.80. The largest absolute Gasteiger partial charge is 0.346 e. The monoisotopic (exact) mass is 272 g/mol. The summed E-state index contributed by atoms with van der Waals surface area (Å²) in [6.45, 7) is 4.90. The van der Waals surface area contributed by atoms with Crippen LogP contribution in [-0.4, -0.2) is 16.4 Å². The van der Waals surface area contributed by atoms with Crippen LogP contribution in [0.1, 0.15) is 36.7 Å². The summed E-state index contributed by atoms with van der Waals surface area (Å²) >= 11 is 1.41. The number of nitrogens with zero attached hydrogens (tertiary/aromatic N) is 4. The van der Waals surface area contributed by atoms with Gasteiger partial charge in [-0.15, -0.1) is 0 Å². The molecular formula is C14H16N4S. The molecule has 1 aromatic heterocycles. The number of aromatic nitrogens is 2. The number of nitriles is 1. The lowest BCUT2D eigenvalue weighted by Crippen LogP contribution is -2.16. The van der Waals surface area contributed by atoms with E-state index in [1.807, 2.05) is 31.3 Å². The lowest BCUT2D eigenvalue weighted by Gasteiger charge is -2.15. The smallest absolute Gasteiger partial charge is 0.205 e. The molecule has 2 aromatic rings. The molecule has 0 N–H and O–H groups in total. The number of hydrogen-bond acceptors (Lipinski definition) is 5. The van der Waals surface area contributed by atoms with Crippen molar-refractivity contribution in [1.29, 1.82) is 5.26 Å². The maximum atomic E-state index is 8.89. The Morgan fingerprint density at radius 2 is 2.21 bits per heavy atom. The van der Waals surface area contributed by atoms with Gasteiger partial charge in [-0.05, 0) is 17.7 Å². The molecule has 0 aliphatic rings. The molecule has 2 rings (SSSR count). The van der Waals surface area contributed by atoms with Crippen LogP contribution in [0.25, 0.3) is 0 Å². The third-order valence-electron chi connectivity index (χ3n) is 2.75. The second kappa shape index (κ2) is 5.81. The molecule has 0 fully saturated rings. The van der Waals surface area contributed by atoms with Gasteiger partial charge in [0.2, 0.25) is 5.13 Å². The summed E-state index contributed by atoms with van der Waals surface area (Å²) < 4.78 is 4.35. The van der Waals surface area contributed by atoms with Gasteiger partial charge in [0.1, 0.15) is 5.82 Å². The van der Waals surface area contributed by atoms with E-state index in [-0.39, 0.29) is 0 Å². The molecule has 0 aliphatic carbocycles. The highest BCUT2D eigenvalue weighted by Gasteiger charge is 2.11. The van der Waals surface area contributed by atoms with Gasteiger partial charge < -0.3 is 4.90 Å². The van der Waals surface area contributed by atoms with Gasteiger partial charge in [0, 0.05) is 31.0 Å². The third-order valence-corrected chi connectivity index (χ3v) is 3.59. The minimum atomic E-state index is 0.348. The maximum Gasteiger partial charge on any atom is 0.205 e. The number of rotatable bonds is 4. The molecule has 19 heavy (non-hydrogen) atoms. The Bertz CT molecular complexity index is 597. The Morgan fingerprint density at radius 1 is 1.42 bits per heavy atom. The van der Waals surface area contributed by atoms with E-state index < -0.39 is 0 Å². The van der Waals surface area contributed by atoms with Crippen molar-refractivity contribution in [2.45, 2.75) is 26.3 Å². The molecule has 0 aliphatic heterocycles. The lowest BCUT2D eigenvalue weighted by atomic mass is 10.1. The first kappa shape index (κ1) is 13.5. The second-order valence-electron chi connectivity index (χ2n) is 4.76. The van der Waals surface area contributed by atoms with Crippen molar-refractivity contribution in [2.75, 3.05) is 11.9 Å². The maximum absolute atomic E-state index is 8.89. The van der Waals surface area contributed by atoms with Crippen molar-refractivity contribution in [2.24, 2.45) is 0 Å². The van der Waals surface area contributed by atoms with Crippen LogP contribution in [0, 0.1) is 11.3 Å². The molecule has 0 saturated heterocycles. The molecule has 0 unspecified atom stereocenters. The molecule has 0 bridgehead atoms. The summed E-state index contributed by atoms with van der Waals surface area (Å²) in [7, 11) is 1.99. The SMILES string of the molecule is CC(C)c1nsc(N(C)Cc2cccc(C#N)c2)n1. The highest BCUT2D eigenvalue weighted by Crippen LogP contribution is 2.21. The van der Waals surface area contributed by atoms with Crippen molar-refractivity contribution in [1.82, 2.24) is 9.36 Å². The first-order valence-electron chi connectivity index (χ1n) is 6.14. The predicted molar refractivity (Wildman–Crippen MR) is 77.3 cm³/mol. The zero-order valence-electron chi connectivity index (χ0n) is 11.3. The summed E-state index contributed by atoms with van der Waals surface area (Å²) in [6, 6.07) is 9.79. The lowest BCUT2D eigenvalue weighted by molar-refractivity contribution is 0.792. The van der Waals surface area contributed by atoms with Crippen molar-refractivity contribution in [3.8, 4) is 6.07 Å². The number of benzene rings is 1. The van der Waals surface area contributed by atoms with E-state index in [0.29, 0.717) is 11.5 Å². The van der Waals surface area contributed by atoms with Crippen molar-refractivity contribution < 1.29 is 0 Å². The van der Waals surface area contributed by atoms with Crippen molar-refractivity contribution >= 4 is 16.7 Å². The first-order chi connectivity index (χ1) is 9.10. The molecule has 0 spiro atoms. The van der Waals surface area contributed by atoms with E-state index in [2.05, 4.69) is 34.2 Å². The fraction of sp³-hybridized carbons (Fsp3) is 0.357. The minimum Gasteiger partial charge on any atom is -0.346 e. The van der Waals surface area contributed by atoms with Crippen LogP contribution in [0.5, 0.6) is 0 Å². The van der Waals surface area contributed by atoms with Crippen LogP contribution in [0.2, 0.25) is 0 Å². The molecule has 0 saturated carbocycles. The van der Waals surface area contributed by atoms with E-state index in [1.165, 1.54) is 11.5 Å². The molecule has 0 radical (unpaired) electrons. The zero-order chi connectivity index (χ0) is 13.8. The van der Waals surface area contributed by atoms with Gasteiger partial charge in [-0.1, -0.05) is 26.0 Å². The van der Waals surface area contributed by atoms with Gasteiger partial charge in [-0.3, -0.25) is 0 Å². The van der Waals surface area contributed by atoms with Crippen LogP contribution in [-0.2, 0) is 6.54 Å². The van der Waals surface area contributed by atoms with Crippen LogP contribution in [0.15, 0.2) is 24.3 Å². The average Bonchev–Trinajstić information content (AvgIpc) is 2.89.